The molecule has 0 atom stereocenters. The van der Waals surface area contributed by atoms with Gasteiger partial charge in [0, 0.05) is 0 Å². The van der Waals surface area contributed by atoms with Crippen molar-refractivity contribution >= 4 is 0 Å². The van der Waals surface area contributed by atoms with E-state index < -0.39 is 0 Å². The maximum atomic E-state index is 2.35. The molecule has 0 bridgehead atoms. The maximum Gasteiger partial charge on any atom is 0.0786 e. The summed E-state index contributed by atoms with van der Waals surface area (Å²) in [5.74, 6) is 0. The van der Waals surface area contributed by atoms with Gasteiger partial charge >= 0.3 is 0 Å². The predicted molar refractivity (Wildman–Crippen MR) is 162 cm³/mol. The molecule has 0 aliphatic heterocycles. The molecule has 0 aromatic carbocycles. The summed E-state index contributed by atoms with van der Waals surface area (Å²) < 4.78 is 1.47. The van der Waals surface area contributed by atoms with Gasteiger partial charge in [0.2, 0.25) is 0 Å². The Kier molecular flexibility index (Phi) is 34.4. The number of hydrogen-bond donors (Lipinski definition) is 0. The second-order valence-electron chi connectivity index (χ2n) is 12.0. The molecule has 36 heavy (non-hydrogen) atoms. The van der Waals surface area contributed by atoms with E-state index in [4.69, 9.17) is 0 Å². The minimum atomic E-state index is 0. The number of halogens is 1. The zero-order valence-corrected chi connectivity index (χ0v) is 28.2. The number of quaternary nitrogens is 1. The Morgan fingerprint density at radius 1 is 0.250 bits per heavy atom. The van der Waals surface area contributed by atoms with Crippen molar-refractivity contribution in [2.45, 2.75) is 195 Å². The van der Waals surface area contributed by atoms with E-state index in [1.165, 1.54) is 198 Å². The zero-order chi connectivity index (χ0) is 25.7. The Morgan fingerprint density at radius 2 is 0.417 bits per heavy atom. The maximum absolute atomic E-state index is 2.35. The Morgan fingerprint density at radius 3 is 0.639 bits per heavy atom. The van der Waals surface area contributed by atoms with Crippen LogP contribution in [0.1, 0.15) is 195 Å². The molecule has 2 heteroatoms. The molecule has 0 spiro atoms. The van der Waals surface area contributed by atoms with Gasteiger partial charge < -0.3 is 28.5 Å². The molecule has 0 N–H and O–H groups in total. The summed E-state index contributed by atoms with van der Waals surface area (Å²) in [4.78, 5) is 0. The summed E-state index contributed by atoms with van der Waals surface area (Å²) in [6.07, 6.45) is 37.8. The van der Waals surface area contributed by atoms with Crippen LogP contribution in [0.5, 0.6) is 0 Å². The van der Waals surface area contributed by atoms with Gasteiger partial charge in [0.1, 0.15) is 0 Å². The fraction of sp³-hybridized carbons (Fsp3) is 1.00. The van der Waals surface area contributed by atoms with E-state index in [0.717, 1.165) is 0 Å². The molecule has 0 unspecified atom stereocenters. The first-order valence-electron chi connectivity index (χ1n) is 17.1. The number of nitrogens with zero attached hydrogens (tertiary/aromatic N) is 1. The van der Waals surface area contributed by atoms with Crippen molar-refractivity contribution in [2.75, 3.05) is 26.2 Å². The molecule has 0 aliphatic rings. The van der Waals surface area contributed by atoms with Crippen LogP contribution in [-0.2, 0) is 0 Å². The lowest BCUT2D eigenvalue weighted by molar-refractivity contribution is -0.929. The quantitative estimate of drug-likeness (QED) is 0.0427. The van der Waals surface area contributed by atoms with E-state index in [2.05, 4.69) is 27.7 Å². The van der Waals surface area contributed by atoms with E-state index in [1.54, 1.807) is 0 Å². The highest BCUT2D eigenvalue weighted by Gasteiger charge is 2.25. The van der Waals surface area contributed by atoms with Gasteiger partial charge in [-0.2, -0.15) is 0 Å². The second kappa shape index (κ2) is 31.9. The average molecular weight is 622 g/mol. The standard InChI is InChI=1S/C34H72N.HI/c1-5-9-13-17-18-19-20-21-22-23-24-25-26-30-34-35(31-27-14-10-6-2,32-28-15-11-7-3)33-29-16-12-8-4;/h5-34H2,1-4H3;1H/q+1;/p-1. The fourth-order valence-electron chi connectivity index (χ4n) is 5.93. The number of hydrogen-bond acceptors (Lipinski definition) is 0. The Hall–Kier alpha value is 0.690. The summed E-state index contributed by atoms with van der Waals surface area (Å²) in [5, 5.41) is 0. The van der Waals surface area contributed by atoms with Crippen molar-refractivity contribution in [1.82, 2.24) is 0 Å². The van der Waals surface area contributed by atoms with Gasteiger partial charge in [0.15, 0.2) is 0 Å². The minimum Gasteiger partial charge on any atom is -1.00 e. The minimum absolute atomic E-state index is 0. The van der Waals surface area contributed by atoms with Crippen molar-refractivity contribution in [1.29, 1.82) is 0 Å². The van der Waals surface area contributed by atoms with Crippen LogP contribution in [0.15, 0.2) is 0 Å². The first kappa shape index (κ1) is 38.8. The third-order valence-electron chi connectivity index (χ3n) is 8.44. The average Bonchev–Trinajstić information content (AvgIpc) is 2.87. The first-order chi connectivity index (χ1) is 17.2. The van der Waals surface area contributed by atoms with E-state index in [0.29, 0.717) is 0 Å². The highest BCUT2D eigenvalue weighted by Crippen LogP contribution is 2.20. The summed E-state index contributed by atoms with van der Waals surface area (Å²) in [7, 11) is 0. The molecule has 0 fully saturated rings. The van der Waals surface area contributed by atoms with Crippen molar-refractivity contribution < 1.29 is 28.5 Å². The van der Waals surface area contributed by atoms with Crippen LogP contribution in [0.2, 0.25) is 0 Å². The second-order valence-corrected chi connectivity index (χ2v) is 12.0. The lowest BCUT2D eigenvalue weighted by Crippen LogP contribution is -3.00. The molecule has 0 radical (unpaired) electrons. The third kappa shape index (κ3) is 26.3. The molecule has 220 valence electrons. The number of unbranched alkanes of at least 4 members (excludes halogenated alkanes) is 22. The van der Waals surface area contributed by atoms with Crippen molar-refractivity contribution in [3.63, 3.8) is 0 Å². The molecule has 0 aromatic heterocycles. The van der Waals surface area contributed by atoms with Crippen LogP contribution in [0.3, 0.4) is 0 Å². The topological polar surface area (TPSA) is 0 Å². The summed E-state index contributed by atoms with van der Waals surface area (Å²) in [6, 6.07) is 0. The lowest BCUT2D eigenvalue weighted by Gasteiger charge is -2.39. The molecule has 0 saturated heterocycles. The van der Waals surface area contributed by atoms with Gasteiger partial charge in [0.25, 0.3) is 0 Å². The molecule has 1 nitrogen and oxygen atoms in total. The molecular formula is C34H72IN. The first-order valence-corrected chi connectivity index (χ1v) is 17.1. The fourth-order valence-corrected chi connectivity index (χ4v) is 5.93. The smallest absolute Gasteiger partial charge is 0.0786 e. The normalized spacial score (nSPS) is 11.7. The highest BCUT2D eigenvalue weighted by molar-refractivity contribution is 4.54. The zero-order valence-electron chi connectivity index (χ0n) is 26.0. The molecule has 0 rings (SSSR count). The third-order valence-corrected chi connectivity index (χ3v) is 8.44. The Labute approximate surface area is 248 Å². The number of rotatable bonds is 30. The van der Waals surface area contributed by atoms with Crippen LogP contribution in [0.25, 0.3) is 0 Å². The van der Waals surface area contributed by atoms with Crippen LogP contribution in [0, 0.1) is 0 Å². The molecule has 0 amide bonds. The largest absolute Gasteiger partial charge is 1.00 e. The summed E-state index contributed by atoms with van der Waals surface area (Å²) in [6.45, 7) is 15.3. The van der Waals surface area contributed by atoms with Crippen LogP contribution >= 0.6 is 0 Å². The van der Waals surface area contributed by atoms with Crippen LogP contribution < -0.4 is 24.0 Å². The van der Waals surface area contributed by atoms with Gasteiger partial charge in [-0.3, -0.25) is 0 Å². The lowest BCUT2D eigenvalue weighted by atomic mass is 10.0. The van der Waals surface area contributed by atoms with Crippen LogP contribution in [0.4, 0.5) is 0 Å². The van der Waals surface area contributed by atoms with Gasteiger partial charge in [-0.05, 0) is 51.4 Å². The molecular weight excluding hydrogens is 549 g/mol. The predicted octanol–water partition coefficient (Wildman–Crippen LogP) is 9.03. The van der Waals surface area contributed by atoms with Gasteiger partial charge in [-0.1, -0.05) is 143 Å². The van der Waals surface area contributed by atoms with Gasteiger partial charge in [-0.15, -0.1) is 0 Å². The SMILES string of the molecule is CCCCCCCCCCCCCCCC[N+](CCCCCC)(CCCCCC)CCCCCC.[I-]. The van der Waals surface area contributed by atoms with E-state index >= 15 is 0 Å². The van der Waals surface area contributed by atoms with E-state index in [9.17, 15) is 0 Å². The highest BCUT2D eigenvalue weighted by atomic mass is 127. The summed E-state index contributed by atoms with van der Waals surface area (Å²) in [5.41, 5.74) is 0. The Balaban J connectivity index is 0. The monoisotopic (exact) mass is 621 g/mol. The van der Waals surface area contributed by atoms with Gasteiger partial charge in [-0.25, -0.2) is 0 Å². The molecule has 0 heterocycles. The van der Waals surface area contributed by atoms with Crippen molar-refractivity contribution in [2.24, 2.45) is 0 Å². The van der Waals surface area contributed by atoms with Crippen LogP contribution in [-0.4, -0.2) is 30.7 Å². The van der Waals surface area contributed by atoms with Crippen molar-refractivity contribution in [3.05, 3.63) is 0 Å². The molecule has 0 aromatic rings. The van der Waals surface area contributed by atoms with Crippen molar-refractivity contribution in [3.8, 4) is 0 Å². The van der Waals surface area contributed by atoms with E-state index in [1.807, 2.05) is 0 Å². The summed E-state index contributed by atoms with van der Waals surface area (Å²) >= 11 is 0. The Bertz CT molecular complexity index is 352. The van der Waals surface area contributed by atoms with Gasteiger partial charge in [0.05, 0.1) is 26.2 Å². The van der Waals surface area contributed by atoms with E-state index in [-0.39, 0.29) is 24.0 Å². The molecule has 0 aliphatic carbocycles. The molecule has 0 saturated carbocycles.